The van der Waals surface area contributed by atoms with Crippen molar-refractivity contribution in [2.75, 3.05) is 17.3 Å². The summed E-state index contributed by atoms with van der Waals surface area (Å²) in [5.41, 5.74) is 0.998. The molecule has 0 aromatic heterocycles. The van der Waals surface area contributed by atoms with Crippen LogP contribution < -0.4 is 0 Å². The molecule has 0 heterocycles. The molecule has 0 amide bonds. The Kier molecular flexibility index (Phi) is 8.36. The van der Waals surface area contributed by atoms with Crippen LogP contribution in [0.4, 0.5) is 0 Å². The number of sulfonamides is 1. The van der Waals surface area contributed by atoms with E-state index in [4.69, 9.17) is 0 Å². The predicted molar refractivity (Wildman–Crippen MR) is 111 cm³/mol. The van der Waals surface area contributed by atoms with Crippen LogP contribution in [0.5, 0.6) is 0 Å². The molecule has 0 unspecified atom stereocenters. The third kappa shape index (κ3) is 6.70. The van der Waals surface area contributed by atoms with Gasteiger partial charge < -0.3 is 0 Å². The van der Waals surface area contributed by atoms with E-state index in [1.807, 2.05) is 67.6 Å². The highest BCUT2D eigenvalue weighted by molar-refractivity contribution is 7.99. The van der Waals surface area contributed by atoms with Gasteiger partial charge in [-0.05, 0) is 36.8 Å². The zero-order chi connectivity index (χ0) is 18.1. The van der Waals surface area contributed by atoms with Crippen molar-refractivity contribution in [1.82, 2.24) is 4.31 Å². The number of rotatable bonds is 10. The Morgan fingerprint density at radius 3 is 2.24 bits per heavy atom. The number of benzene rings is 2. The standard InChI is InChI=1S/C19H25NO2S3/c1-17(16-23)20(15-18-9-4-2-5-10-18)25(21,22)14-8-13-24-19-11-6-3-7-12-19/h2-7,9-12,17,23H,8,13-16H2,1H3/t17-/m1/s1. The summed E-state index contributed by atoms with van der Waals surface area (Å²) in [4.78, 5) is 1.17. The molecule has 25 heavy (non-hydrogen) atoms. The van der Waals surface area contributed by atoms with Gasteiger partial charge in [-0.15, -0.1) is 11.8 Å². The van der Waals surface area contributed by atoms with E-state index in [0.29, 0.717) is 18.7 Å². The number of hydrogen-bond donors (Lipinski definition) is 1. The lowest BCUT2D eigenvalue weighted by atomic mass is 10.2. The lowest BCUT2D eigenvalue weighted by molar-refractivity contribution is 0.352. The maximum Gasteiger partial charge on any atom is 0.214 e. The molecule has 6 heteroatoms. The SMILES string of the molecule is C[C@H](CS)N(Cc1ccccc1)S(=O)(=O)CCCSc1ccccc1. The number of nitrogens with zero attached hydrogens (tertiary/aromatic N) is 1. The summed E-state index contributed by atoms with van der Waals surface area (Å²) in [5, 5.41) is 0. The van der Waals surface area contributed by atoms with Crippen LogP contribution >= 0.6 is 24.4 Å². The van der Waals surface area contributed by atoms with E-state index in [1.165, 1.54) is 4.90 Å². The van der Waals surface area contributed by atoms with Gasteiger partial charge in [-0.3, -0.25) is 0 Å². The normalized spacial score (nSPS) is 13.1. The number of thiol groups is 1. The fraction of sp³-hybridized carbons (Fsp3) is 0.368. The molecule has 2 aromatic carbocycles. The lowest BCUT2D eigenvalue weighted by Crippen LogP contribution is -2.40. The largest absolute Gasteiger partial charge is 0.214 e. The Labute approximate surface area is 161 Å². The average molecular weight is 396 g/mol. The van der Waals surface area contributed by atoms with Gasteiger partial charge in [0.25, 0.3) is 0 Å². The van der Waals surface area contributed by atoms with Crippen molar-refractivity contribution >= 4 is 34.4 Å². The Hall–Kier alpha value is -0.950. The molecule has 0 aliphatic carbocycles. The molecule has 0 aliphatic heterocycles. The smallest absolute Gasteiger partial charge is 0.212 e. The summed E-state index contributed by atoms with van der Waals surface area (Å²) in [5.74, 6) is 1.46. The minimum atomic E-state index is -3.32. The Morgan fingerprint density at radius 2 is 1.64 bits per heavy atom. The summed E-state index contributed by atoms with van der Waals surface area (Å²) >= 11 is 5.99. The second-order valence-electron chi connectivity index (χ2n) is 5.89. The highest BCUT2D eigenvalue weighted by atomic mass is 32.2. The van der Waals surface area contributed by atoms with Gasteiger partial charge in [-0.25, -0.2) is 8.42 Å². The van der Waals surface area contributed by atoms with Gasteiger partial charge in [-0.1, -0.05) is 48.5 Å². The van der Waals surface area contributed by atoms with Gasteiger partial charge in [0, 0.05) is 23.2 Å². The maximum atomic E-state index is 12.8. The molecule has 0 saturated carbocycles. The zero-order valence-corrected chi connectivity index (χ0v) is 16.9. The minimum absolute atomic E-state index is 0.129. The van der Waals surface area contributed by atoms with Crippen LogP contribution in [0.2, 0.25) is 0 Å². The fourth-order valence-corrected chi connectivity index (χ4v) is 5.52. The molecule has 0 N–H and O–H groups in total. The molecule has 2 aromatic rings. The van der Waals surface area contributed by atoms with E-state index in [2.05, 4.69) is 12.6 Å². The quantitative estimate of drug-likeness (QED) is 0.370. The van der Waals surface area contributed by atoms with Crippen LogP contribution in [0.15, 0.2) is 65.6 Å². The van der Waals surface area contributed by atoms with E-state index in [1.54, 1.807) is 16.1 Å². The topological polar surface area (TPSA) is 37.4 Å². The van der Waals surface area contributed by atoms with Crippen LogP contribution in [0.25, 0.3) is 0 Å². The molecular weight excluding hydrogens is 370 g/mol. The van der Waals surface area contributed by atoms with Gasteiger partial charge in [0.15, 0.2) is 0 Å². The fourth-order valence-electron chi connectivity index (χ4n) is 2.45. The lowest BCUT2D eigenvalue weighted by Gasteiger charge is -2.27. The maximum absolute atomic E-state index is 12.8. The molecule has 2 rings (SSSR count). The van der Waals surface area contributed by atoms with Crippen LogP contribution in [0.1, 0.15) is 18.9 Å². The van der Waals surface area contributed by atoms with Crippen molar-refractivity contribution in [1.29, 1.82) is 0 Å². The van der Waals surface area contributed by atoms with Crippen molar-refractivity contribution in [2.45, 2.75) is 30.8 Å². The van der Waals surface area contributed by atoms with Gasteiger partial charge in [0.2, 0.25) is 10.0 Å². The minimum Gasteiger partial charge on any atom is -0.212 e. The number of thioether (sulfide) groups is 1. The Morgan fingerprint density at radius 1 is 1.04 bits per heavy atom. The summed E-state index contributed by atoms with van der Waals surface area (Å²) in [6, 6.07) is 19.6. The van der Waals surface area contributed by atoms with Gasteiger partial charge >= 0.3 is 0 Å². The highest BCUT2D eigenvalue weighted by Crippen LogP contribution is 2.20. The highest BCUT2D eigenvalue weighted by Gasteiger charge is 2.26. The average Bonchev–Trinajstić information content (AvgIpc) is 2.64. The van der Waals surface area contributed by atoms with Gasteiger partial charge in [0.1, 0.15) is 0 Å². The Bertz CT molecular complexity index is 721. The molecule has 0 bridgehead atoms. The molecular formula is C19H25NO2S3. The third-order valence-corrected chi connectivity index (χ3v) is 7.49. The van der Waals surface area contributed by atoms with Crippen LogP contribution in [0, 0.1) is 0 Å². The zero-order valence-electron chi connectivity index (χ0n) is 14.4. The van der Waals surface area contributed by atoms with E-state index >= 15 is 0 Å². The van der Waals surface area contributed by atoms with Crippen LogP contribution in [-0.2, 0) is 16.6 Å². The second kappa shape index (κ2) is 10.3. The second-order valence-corrected chi connectivity index (χ2v) is 9.47. The van der Waals surface area contributed by atoms with E-state index in [0.717, 1.165) is 11.3 Å². The van der Waals surface area contributed by atoms with Gasteiger partial charge in [-0.2, -0.15) is 16.9 Å². The first-order chi connectivity index (χ1) is 12.0. The van der Waals surface area contributed by atoms with Crippen molar-refractivity contribution in [3.05, 3.63) is 66.2 Å². The van der Waals surface area contributed by atoms with E-state index in [9.17, 15) is 8.42 Å². The van der Waals surface area contributed by atoms with E-state index in [-0.39, 0.29) is 11.8 Å². The summed E-state index contributed by atoms with van der Waals surface area (Å²) in [7, 11) is -3.32. The summed E-state index contributed by atoms with van der Waals surface area (Å²) in [6.07, 6.45) is 0.631. The monoisotopic (exact) mass is 395 g/mol. The summed E-state index contributed by atoms with van der Waals surface area (Å²) in [6.45, 7) is 2.31. The van der Waals surface area contributed by atoms with E-state index < -0.39 is 10.0 Å². The van der Waals surface area contributed by atoms with Crippen molar-refractivity contribution in [3.63, 3.8) is 0 Å². The predicted octanol–water partition coefficient (Wildman–Crippen LogP) is 4.32. The first kappa shape index (κ1) is 20.4. The molecule has 0 radical (unpaired) electrons. The Balaban J connectivity index is 1.95. The molecule has 0 spiro atoms. The number of hydrogen-bond acceptors (Lipinski definition) is 4. The first-order valence-electron chi connectivity index (χ1n) is 8.35. The molecule has 0 aliphatic rings. The molecule has 0 saturated heterocycles. The molecule has 3 nitrogen and oxygen atoms in total. The third-order valence-electron chi connectivity index (χ3n) is 3.85. The van der Waals surface area contributed by atoms with Gasteiger partial charge in [0.05, 0.1) is 5.75 Å². The van der Waals surface area contributed by atoms with Crippen molar-refractivity contribution < 1.29 is 8.42 Å². The van der Waals surface area contributed by atoms with Crippen molar-refractivity contribution in [3.8, 4) is 0 Å². The van der Waals surface area contributed by atoms with Crippen LogP contribution in [-0.4, -0.2) is 36.0 Å². The molecule has 136 valence electrons. The first-order valence-corrected chi connectivity index (χ1v) is 11.6. The van der Waals surface area contributed by atoms with Crippen LogP contribution in [0.3, 0.4) is 0 Å². The molecule has 1 atom stereocenters. The van der Waals surface area contributed by atoms with Crippen molar-refractivity contribution in [2.24, 2.45) is 0 Å². The summed E-state index contributed by atoms with van der Waals surface area (Å²) < 4.78 is 27.2. The molecule has 0 fully saturated rings.